The molecular formula is C13H13ClN2O2S2. The number of aromatic nitrogens is 1. The molecule has 1 aliphatic heterocycles. The summed E-state index contributed by atoms with van der Waals surface area (Å²) in [6.07, 6.45) is 3.19. The Labute approximate surface area is 127 Å². The number of nitrogens with zero attached hydrogens (tertiary/aromatic N) is 2. The normalized spacial score (nSPS) is 20.4. The number of hydrogen-bond acceptors (Lipinski definition) is 4. The van der Waals surface area contributed by atoms with Crippen molar-refractivity contribution in [3.63, 3.8) is 0 Å². The van der Waals surface area contributed by atoms with Gasteiger partial charge in [-0.15, -0.1) is 11.3 Å². The summed E-state index contributed by atoms with van der Waals surface area (Å²) in [6.45, 7) is 0.524. The van der Waals surface area contributed by atoms with Gasteiger partial charge in [0, 0.05) is 17.6 Å². The van der Waals surface area contributed by atoms with Crippen molar-refractivity contribution in [1.29, 1.82) is 0 Å². The van der Waals surface area contributed by atoms with Crippen LogP contribution in [0.15, 0.2) is 40.7 Å². The Balaban J connectivity index is 2.01. The lowest BCUT2D eigenvalue weighted by atomic mass is 10.2. The standard InChI is InChI=1S/C13H13ClN2O2S2/c14-13-12(6-1-7-15-13)20(17,18)16-8-2-4-10(16)11-5-3-9-19-11/h1,3,5-7,9-10H,2,4,8H2. The van der Waals surface area contributed by atoms with Gasteiger partial charge in [0.2, 0.25) is 10.0 Å². The average Bonchev–Trinajstić information content (AvgIpc) is 3.10. The summed E-state index contributed by atoms with van der Waals surface area (Å²) in [6, 6.07) is 6.94. The first-order chi connectivity index (χ1) is 9.60. The van der Waals surface area contributed by atoms with Crippen LogP contribution in [-0.2, 0) is 10.0 Å². The molecule has 106 valence electrons. The van der Waals surface area contributed by atoms with Crippen LogP contribution in [0.1, 0.15) is 23.8 Å². The van der Waals surface area contributed by atoms with Gasteiger partial charge in [-0.2, -0.15) is 4.31 Å². The van der Waals surface area contributed by atoms with Crippen LogP contribution in [0.3, 0.4) is 0 Å². The molecule has 3 rings (SSSR count). The quantitative estimate of drug-likeness (QED) is 0.812. The summed E-state index contributed by atoms with van der Waals surface area (Å²) in [5.74, 6) is 0. The van der Waals surface area contributed by atoms with Crippen LogP contribution in [0, 0.1) is 0 Å². The fraction of sp³-hybridized carbons (Fsp3) is 0.308. The van der Waals surface area contributed by atoms with Gasteiger partial charge in [0.1, 0.15) is 10.0 Å². The molecule has 0 N–H and O–H groups in total. The molecule has 1 saturated heterocycles. The van der Waals surface area contributed by atoms with Gasteiger partial charge >= 0.3 is 0 Å². The molecule has 7 heteroatoms. The van der Waals surface area contributed by atoms with Crippen molar-refractivity contribution < 1.29 is 8.42 Å². The van der Waals surface area contributed by atoms with Gasteiger partial charge in [0.15, 0.2) is 0 Å². The lowest BCUT2D eigenvalue weighted by molar-refractivity contribution is 0.401. The third-order valence-electron chi connectivity index (χ3n) is 3.39. The van der Waals surface area contributed by atoms with E-state index in [9.17, 15) is 8.42 Å². The zero-order chi connectivity index (χ0) is 14.2. The van der Waals surface area contributed by atoms with Gasteiger partial charge in [-0.05, 0) is 36.4 Å². The van der Waals surface area contributed by atoms with Gasteiger partial charge in [0.05, 0.1) is 6.04 Å². The van der Waals surface area contributed by atoms with E-state index in [0.29, 0.717) is 6.54 Å². The molecule has 1 unspecified atom stereocenters. The zero-order valence-electron chi connectivity index (χ0n) is 10.6. The highest BCUT2D eigenvalue weighted by Gasteiger charge is 2.37. The van der Waals surface area contributed by atoms with Crippen LogP contribution in [0.2, 0.25) is 5.15 Å². The van der Waals surface area contributed by atoms with Crippen molar-refractivity contribution in [1.82, 2.24) is 9.29 Å². The molecule has 1 fully saturated rings. The average molecular weight is 329 g/mol. The molecule has 0 aliphatic carbocycles. The summed E-state index contributed by atoms with van der Waals surface area (Å²) in [5.41, 5.74) is 0. The predicted octanol–water partition coefficient (Wildman–Crippen LogP) is 3.32. The lowest BCUT2D eigenvalue weighted by Gasteiger charge is -2.23. The summed E-state index contributed by atoms with van der Waals surface area (Å²) in [4.78, 5) is 5.03. The molecule has 4 nitrogen and oxygen atoms in total. The third kappa shape index (κ3) is 2.37. The first kappa shape index (κ1) is 14.0. The van der Waals surface area contributed by atoms with E-state index in [4.69, 9.17) is 11.6 Å². The second kappa shape index (κ2) is 5.44. The van der Waals surface area contributed by atoms with Gasteiger partial charge in [-0.3, -0.25) is 0 Å². The van der Waals surface area contributed by atoms with Crippen LogP contribution in [0.4, 0.5) is 0 Å². The van der Waals surface area contributed by atoms with Crippen molar-refractivity contribution in [2.75, 3.05) is 6.54 Å². The van der Waals surface area contributed by atoms with E-state index in [1.54, 1.807) is 21.7 Å². The van der Waals surface area contributed by atoms with Crippen LogP contribution in [-0.4, -0.2) is 24.3 Å². The van der Waals surface area contributed by atoms with Gasteiger partial charge in [-0.25, -0.2) is 13.4 Å². The van der Waals surface area contributed by atoms with Crippen molar-refractivity contribution >= 4 is 33.0 Å². The highest BCUT2D eigenvalue weighted by molar-refractivity contribution is 7.89. The van der Waals surface area contributed by atoms with Crippen molar-refractivity contribution in [3.8, 4) is 0 Å². The number of rotatable bonds is 3. The molecular weight excluding hydrogens is 316 g/mol. The van der Waals surface area contributed by atoms with E-state index in [-0.39, 0.29) is 16.1 Å². The highest BCUT2D eigenvalue weighted by atomic mass is 35.5. The number of halogens is 1. The molecule has 3 heterocycles. The Hall–Kier alpha value is -0.950. The van der Waals surface area contributed by atoms with Crippen LogP contribution in [0.25, 0.3) is 0 Å². The minimum Gasteiger partial charge on any atom is -0.243 e. The summed E-state index contributed by atoms with van der Waals surface area (Å²) in [5, 5.41) is 2.00. The second-order valence-corrected chi connectivity index (χ2v) is 7.78. The van der Waals surface area contributed by atoms with Crippen molar-refractivity contribution in [2.24, 2.45) is 0 Å². The Kier molecular flexibility index (Phi) is 3.81. The molecule has 2 aromatic rings. The minimum atomic E-state index is -3.60. The highest BCUT2D eigenvalue weighted by Crippen LogP contribution is 2.39. The van der Waals surface area contributed by atoms with Crippen molar-refractivity contribution in [3.05, 3.63) is 45.9 Å². The fourth-order valence-corrected chi connectivity index (χ4v) is 5.53. The Morgan fingerprint density at radius 2 is 2.20 bits per heavy atom. The molecule has 20 heavy (non-hydrogen) atoms. The van der Waals surface area contributed by atoms with E-state index >= 15 is 0 Å². The maximum Gasteiger partial charge on any atom is 0.246 e. The molecule has 0 bridgehead atoms. The topological polar surface area (TPSA) is 50.3 Å². The SMILES string of the molecule is O=S(=O)(c1cccnc1Cl)N1CCCC1c1cccs1. The minimum absolute atomic E-state index is 0.0318. The van der Waals surface area contributed by atoms with Crippen LogP contribution < -0.4 is 0 Å². The first-order valence-electron chi connectivity index (χ1n) is 6.26. The van der Waals surface area contributed by atoms with Crippen molar-refractivity contribution in [2.45, 2.75) is 23.8 Å². The Morgan fingerprint density at radius 3 is 2.90 bits per heavy atom. The third-order valence-corrected chi connectivity index (χ3v) is 6.71. The largest absolute Gasteiger partial charge is 0.246 e. The molecule has 0 aromatic carbocycles. The van der Waals surface area contributed by atoms with E-state index < -0.39 is 10.0 Å². The molecule has 0 amide bonds. The predicted molar refractivity (Wildman–Crippen MR) is 79.4 cm³/mol. The van der Waals surface area contributed by atoms with Gasteiger partial charge < -0.3 is 0 Å². The van der Waals surface area contributed by atoms with E-state index in [2.05, 4.69) is 4.98 Å². The summed E-state index contributed by atoms with van der Waals surface area (Å²) >= 11 is 7.53. The first-order valence-corrected chi connectivity index (χ1v) is 8.96. The summed E-state index contributed by atoms with van der Waals surface area (Å²) in [7, 11) is -3.60. The molecule has 0 saturated carbocycles. The monoisotopic (exact) mass is 328 g/mol. The van der Waals surface area contributed by atoms with Crippen LogP contribution in [0.5, 0.6) is 0 Å². The van der Waals surface area contributed by atoms with Gasteiger partial charge in [-0.1, -0.05) is 17.7 Å². The zero-order valence-corrected chi connectivity index (χ0v) is 13.0. The van der Waals surface area contributed by atoms with Gasteiger partial charge in [0.25, 0.3) is 0 Å². The second-order valence-electron chi connectivity index (χ2n) is 4.58. The molecule has 1 aliphatic rings. The molecule has 1 atom stereocenters. The number of hydrogen-bond donors (Lipinski definition) is 0. The molecule has 0 radical (unpaired) electrons. The number of thiophene rings is 1. The van der Waals surface area contributed by atoms with E-state index in [1.807, 2.05) is 17.5 Å². The summed E-state index contributed by atoms with van der Waals surface area (Å²) < 4.78 is 27.1. The molecule has 0 spiro atoms. The number of sulfonamides is 1. The number of pyridine rings is 1. The maximum atomic E-state index is 12.8. The fourth-order valence-electron chi connectivity index (χ4n) is 2.48. The maximum absolute atomic E-state index is 12.8. The molecule has 2 aromatic heterocycles. The Bertz CT molecular complexity index is 701. The van der Waals surface area contributed by atoms with Crippen LogP contribution >= 0.6 is 22.9 Å². The van der Waals surface area contributed by atoms with E-state index in [0.717, 1.165) is 17.7 Å². The van der Waals surface area contributed by atoms with E-state index in [1.165, 1.54) is 12.3 Å². The smallest absolute Gasteiger partial charge is 0.243 e. The Morgan fingerprint density at radius 1 is 1.35 bits per heavy atom. The lowest BCUT2D eigenvalue weighted by Crippen LogP contribution is -2.30.